The van der Waals surface area contributed by atoms with Crippen LogP contribution < -0.4 is 4.52 Å². The molecule has 0 aromatic heterocycles. The molecule has 0 heterocycles. The molecule has 0 aliphatic carbocycles. The molecule has 0 radical (unpaired) electrons. The first kappa shape index (κ1) is 23.0. The van der Waals surface area contributed by atoms with Crippen LogP contribution in [0.3, 0.4) is 0 Å². The average molecular weight is 405 g/mol. The highest BCUT2D eigenvalue weighted by Gasteiger charge is 2.25. The lowest BCUT2D eigenvalue weighted by atomic mass is 10.1. The van der Waals surface area contributed by atoms with Crippen molar-refractivity contribution in [2.75, 3.05) is 12.8 Å². The summed E-state index contributed by atoms with van der Waals surface area (Å²) >= 11 is 0. The molecule has 4 heteroatoms. The Morgan fingerprint density at radius 1 is 0.750 bits per heavy atom. The molecule has 156 valence electrons. The highest BCUT2D eigenvalue weighted by atomic mass is 31.2. The van der Waals surface area contributed by atoms with Gasteiger partial charge < -0.3 is 9.05 Å². The van der Waals surface area contributed by atoms with Gasteiger partial charge in [0.1, 0.15) is 5.75 Å². The van der Waals surface area contributed by atoms with Crippen molar-refractivity contribution in [3.05, 3.63) is 42.5 Å². The fraction of sp³-hybridized carbons (Fsp3) is 0.583. The van der Waals surface area contributed by atoms with Crippen molar-refractivity contribution in [1.29, 1.82) is 0 Å². The average Bonchev–Trinajstić information content (AvgIpc) is 2.70. The molecule has 0 aliphatic heterocycles. The van der Waals surface area contributed by atoms with Crippen LogP contribution in [0.5, 0.6) is 5.75 Å². The van der Waals surface area contributed by atoms with Crippen LogP contribution in [0, 0.1) is 0 Å². The zero-order valence-corrected chi connectivity index (χ0v) is 18.6. The van der Waals surface area contributed by atoms with E-state index in [2.05, 4.69) is 6.92 Å². The first-order chi connectivity index (χ1) is 13.7. The molecule has 0 saturated carbocycles. The second-order valence-electron chi connectivity index (χ2n) is 7.50. The monoisotopic (exact) mass is 404 g/mol. The lowest BCUT2D eigenvalue weighted by molar-refractivity contribution is 0.279. The lowest BCUT2D eigenvalue weighted by Crippen LogP contribution is -2.03. The molecule has 0 amide bonds. The van der Waals surface area contributed by atoms with E-state index in [-0.39, 0.29) is 0 Å². The van der Waals surface area contributed by atoms with E-state index >= 15 is 0 Å². The van der Waals surface area contributed by atoms with Crippen molar-refractivity contribution in [1.82, 2.24) is 0 Å². The molecule has 0 N–H and O–H groups in total. The molecule has 0 spiro atoms. The van der Waals surface area contributed by atoms with Crippen LogP contribution in [-0.4, -0.2) is 12.8 Å². The minimum absolute atomic E-state index is 0.403. The zero-order valence-electron chi connectivity index (χ0n) is 17.7. The van der Waals surface area contributed by atoms with Gasteiger partial charge in [-0.1, -0.05) is 101 Å². The van der Waals surface area contributed by atoms with E-state index in [4.69, 9.17) is 9.05 Å². The summed E-state index contributed by atoms with van der Waals surface area (Å²) in [6.45, 7) is 4.53. The van der Waals surface area contributed by atoms with Crippen molar-refractivity contribution in [3.63, 3.8) is 0 Å². The highest BCUT2D eigenvalue weighted by molar-refractivity contribution is 7.54. The number of benzene rings is 2. The molecule has 28 heavy (non-hydrogen) atoms. The van der Waals surface area contributed by atoms with Crippen LogP contribution in [0.25, 0.3) is 10.8 Å². The Hall–Kier alpha value is -1.31. The van der Waals surface area contributed by atoms with Gasteiger partial charge in [0.2, 0.25) is 0 Å². The van der Waals surface area contributed by atoms with Crippen LogP contribution in [-0.2, 0) is 9.09 Å². The van der Waals surface area contributed by atoms with E-state index < -0.39 is 7.60 Å². The first-order valence-electron chi connectivity index (χ1n) is 11.1. The topological polar surface area (TPSA) is 35.5 Å². The van der Waals surface area contributed by atoms with Gasteiger partial charge in [0.25, 0.3) is 0 Å². The van der Waals surface area contributed by atoms with Crippen LogP contribution >= 0.6 is 7.60 Å². The fourth-order valence-corrected chi connectivity index (χ4v) is 5.29. The fourth-order valence-electron chi connectivity index (χ4n) is 3.55. The molecule has 1 unspecified atom stereocenters. The molecule has 1 atom stereocenters. The first-order valence-corrected chi connectivity index (χ1v) is 12.8. The van der Waals surface area contributed by atoms with Crippen molar-refractivity contribution in [3.8, 4) is 5.75 Å². The third-order valence-electron chi connectivity index (χ3n) is 5.10. The van der Waals surface area contributed by atoms with E-state index in [9.17, 15) is 4.57 Å². The van der Waals surface area contributed by atoms with Gasteiger partial charge in [-0.2, -0.15) is 0 Å². The molecule has 0 fully saturated rings. The van der Waals surface area contributed by atoms with Crippen molar-refractivity contribution >= 4 is 18.4 Å². The Morgan fingerprint density at radius 2 is 1.36 bits per heavy atom. The Labute approximate surface area is 171 Å². The van der Waals surface area contributed by atoms with E-state index in [0.29, 0.717) is 18.5 Å². The predicted octanol–water partition coefficient (Wildman–Crippen LogP) is 8.37. The maximum atomic E-state index is 13.2. The molecule has 2 aromatic rings. The molecular formula is C24H37O3P. The van der Waals surface area contributed by atoms with Gasteiger partial charge in [-0.25, -0.2) is 4.57 Å². The third-order valence-corrected chi connectivity index (χ3v) is 7.09. The minimum atomic E-state index is -3.12. The van der Waals surface area contributed by atoms with Crippen LogP contribution in [0.1, 0.15) is 78.1 Å². The quantitative estimate of drug-likeness (QED) is 0.221. The maximum absolute atomic E-state index is 13.2. The van der Waals surface area contributed by atoms with E-state index in [0.717, 1.165) is 23.6 Å². The largest absolute Gasteiger partial charge is 0.424 e. The highest BCUT2D eigenvalue weighted by Crippen LogP contribution is 2.50. The number of hydrogen-bond donors (Lipinski definition) is 0. The number of unbranched alkanes of at least 4 members (excludes halogenated alkanes) is 9. The second-order valence-corrected chi connectivity index (χ2v) is 9.61. The van der Waals surface area contributed by atoms with Gasteiger partial charge in [0.15, 0.2) is 0 Å². The number of rotatable bonds is 15. The van der Waals surface area contributed by atoms with E-state index in [1.165, 1.54) is 51.4 Å². The van der Waals surface area contributed by atoms with Crippen molar-refractivity contribution in [2.45, 2.75) is 78.1 Å². The van der Waals surface area contributed by atoms with E-state index in [1.807, 2.05) is 49.4 Å². The molecule has 0 aliphatic rings. The summed E-state index contributed by atoms with van der Waals surface area (Å²) in [5.41, 5.74) is 0. The smallest absolute Gasteiger partial charge is 0.379 e. The third kappa shape index (κ3) is 7.97. The summed E-state index contributed by atoms with van der Waals surface area (Å²) in [4.78, 5) is 0. The summed E-state index contributed by atoms with van der Waals surface area (Å²) in [5, 5.41) is 2.06. The van der Waals surface area contributed by atoms with Crippen LogP contribution in [0.15, 0.2) is 42.5 Å². The molecular weight excluding hydrogens is 367 g/mol. The Morgan fingerprint density at radius 3 is 2.04 bits per heavy atom. The van der Waals surface area contributed by atoms with Crippen molar-refractivity contribution < 1.29 is 13.6 Å². The van der Waals surface area contributed by atoms with Gasteiger partial charge >= 0.3 is 7.60 Å². The molecule has 2 rings (SSSR count). The Bertz CT molecular complexity index is 723. The summed E-state index contributed by atoms with van der Waals surface area (Å²) in [6.07, 6.45) is 13.0. The standard InChI is InChI=1S/C24H37O3P/c1-3-5-6-7-8-9-10-11-12-15-21-28(25,26-4-2)27-24-20-16-18-22-17-13-14-19-23(22)24/h13-14,16-20H,3-12,15,21H2,1-2H3. The van der Waals surface area contributed by atoms with Crippen molar-refractivity contribution in [2.24, 2.45) is 0 Å². The summed E-state index contributed by atoms with van der Waals surface area (Å²) in [5.74, 6) is 0.655. The Kier molecular flexibility index (Phi) is 10.7. The van der Waals surface area contributed by atoms with Gasteiger partial charge in [-0.15, -0.1) is 0 Å². The maximum Gasteiger partial charge on any atom is 0.379 e. The van der Waals surface area contributed by atoms with Gasteiger partial charge in [0.05, 0.1) is 12.8 Å². The van der Waals surface area contributed by atoms with Crippen LogP contribution in [0.4, 0.5) is 0 Å². The molecule has 3 nitrogen and oxygen atoms in total. The SMILES string of the molecule is CCCCCCCCCCCCP(=O)(OCC)Oc1cccc2ccccc12. The number of fused-ring (bicyclic) bond motifs is 1. The van der Waals surface area contributed by atoms with Crippen LogP contribution in [0.2, 0.25) is 0 Å². The van der Waals surface area contributed by atoms with Gasteiger partial charge in [-0.05, 0) is 24.8 Å². The summed E-state index contributed by atoms with van der Waals surface area (Å²) in [7, 11) is -3.12. The molecule has 0 bridgehead atoms. The second kappa shape index (κ2) is 13.0. The number of hydrogen-bond acceptors (Lipinski definition) is 3. The van der Waals surface area contributed by atoms with Gasteiger partial charge in [0, 0.05) is 5.39 Å². The van der Waals surface area contributed by atoms with E-state index in [1.54, 1.807) is 0 Å². The normalized spacial score (nSPS) is 13.5. The van der Waals surface area contributed by atoms with Gasteiger partial charge in [-0.3, -0.25) is 0 Å². The summed E-state index contributed by atoms with van der Waals surface area (Å²) in [6, 6.07) is 13.9. The minimum Gasteiger partial charge on any atom is -0.424 e. The molecule has 0 saturated heterocycles. The zero-order chi connectivity index (χ0) is 20.1. The predicted molar refractivity (Wildman–Crippen MR) is 121 cm³/mol. The Balaban J connectivity index is 1.77. The summed E-state index contributed by atoms with van der Waals surface area (Å²) < 4.78 is 24.8. The lowest BCUT2D eigenvalue weighted by Gasteiger charge is -2.19. The molecule has 2 aromatic carbocycles.